The Morgan fingerprint density at radius 2 is 1.17 bits per heavy atom. The fourth-order valence-electron chi connectivity index (χ4n) is 2.36. The van der Waals surface area contributed by atoms with Gasteiger partial charge >= 0.3 is 0 Å². The molecular weight excluding hydrogens is 220 g/mol. The minimum Gasteiger partial charge on any atom is -0.351 e. The van der Waals surface area contributed by atoms with E-state index in [1.807, 2.05) is 0 Å². The quantitative estimate of drug-likeness (QED) is 0.642. The molecule has 2 nitrogen and oxygen atoms in total. The Hall–Kier alpha value is -2.22. The van der Waals surface area contributed by atoms with Crippen LogP contribution in [0, 0.1) is 0 Å². The van der Waals surface area contributed by atoms with Crippen LogP contribution in [-0.2, 0) is 14.1 Å². The van der Waals surface area contributed by atoms with E-state index in [1.54, 1.807) is 0 Å². The van der Waals surface area contributed by atoms with Crippen molar-refractivity contribution in [3.8, 4) is 22.5 Å². The van der Waals surface area contributed by atoms with E-state index >= 15 is 0 Å². The Labute approximate surface area is 107 Å². The molecular formula is C16H16N2. The van der Waals surface area contributed by atoms with Gasteiger partial charge in [0.25, 0.3) is 0 Å². The number of rotatable bonds is 2. The van der Waals surface area contributed by atoms with Gasteiger partial charge in [0.15, 0.2) is 0 Å². The first kappa shape index (κ1) is 10.9. The average molecular weight is 236 g/mol. The molecule has 0 saturated carbocycles. The second-order valence-corrected chi connectivity index (χ2v) is 4.59. The zero-order valence-electron chi connectivity index (χ0n) is 10.7. The van der Waals surface area contributed by atoms with Crippen molar-refractivity contribution in [3.63, 3.8) is 0 Å². The lowest BCUT2D eigenvalue weighted by atomic mass is 10.1. The third kappa shape index (κ3) is 1.76. The summed E-state index contributed by atoms with van der Waals surface area (Å²) >= 11 is 0. The molecule has 0 atom stereocenters. The van der Waals surface area contributed by atoms with E-state index in [2.05, 4.69) is 84.2 Å². The summed E-state index contributed by atoms with van der Waals surface area (Å²) in [6.07, 6.45) is 4.15. The van der Waals surface area contributed by atoms with Gasteiger partial charge in [-0.2, -0.15) is 0 Å². The summed E-state index contributed by atoms with van der Waals surface area (Å²) in [5, 5.41) is 0. The highest BCUT2D eigenvalue weighted by molar-refractivity contribution is 5.70. The number of hydrogen-bond acceptors (Lipinski definition) is 0. The highest BCUT2D eigenvalue weighted by atomic mass is 14.9. The highest BCUT2D eigenvalue weighted by Gasteiger charge is 2.05. The summed E-state index contributed by atoms with van der Waals surface area (Å²) in [4.78, 5) is 0. The molecule has 90 valence electrons. The Kier molecular flexibility index (Phi) is 2.56. The van der Waals surface area contributed by atoms with Gasteiger partial charge in [0.1, 0.15) is 0 Å². The molecule has 0 radical (unpaired) electrons. The van der Waals surface area contributed by atoms with Gasteiger partial charge in [-0.05, 0) is 41.5 Å². The molecule has 0 amide bonds. The third-order valence-corrected chi connectivity index (χ3v) is 3.34. The van der Waals surface area contributed by atoms with Crippen LogP contribution in [0.15, 0.2) is 60.9 Å². The van der Waals surface area contributed by atoms with E-state index in [4.69, 9.17) is 0 Å². The van der Waals surface area contributed by atoms with Crippen molar-refractivity contribution in [1.29, 1.82) is 0 Å². The summed E-state index contributed by atoms with van der Waals surface area (Å²) in [7, 11) is 4.15. The molecule has 0 N–H and O–H groups in total. The van der Waals surface area contributed by atoms with Gasteiger partial charge in [-0.25, -0.2) is 0 Å². The van der Waals surface area contributed by atoms with Crippen molar-refractivity contribution >= 4 is 0 Å². The van der Waals surface area contributed by atoms with Crippen LogP contribution in [0.1, 0.15) is 0 Å². The van der Waals surface area contributed by atoms with Gasteiger partial charge in [0.05, 0.1) is 0 Å². The summed E-state index contributed by atoms with van der Waals surface area (Å²) in [6.45, 7) is 0. The van der Waals surface area contributed by atoms with Gasteiger partial charge in [0, 0.05) is 37.9 Å². The van der Waals surface area contributed by atoms with Gasteiger partial charge in [0.2, 0.25) is 0 Å². The second kappa shape index (κ2) is 4.22. The fourth-order valence-corrected chi connectivity index (χ4v) is 2.36. The van der Waals surface area contributed by atoms with E-state index in [0.717, 1.165) is 0 Å². The average Bonchev–Trinajstić information content (AvgIpc) is 2.98. The summed E-state index contributed by atoms with van der Waals surface area (Å²) in [6, 6.07) is 17.1. The number of benzene rings is 1. The van der Waals surface area contributed by atoms with E-state index in [0.29, 0.717) is 0 Å². The monoisotopic (exact) mass is 236 g/mol. The number of nitrogens with zero attached hydrogens (tertiary/aromatic N) is 2. The third-order valence-electron chi connectivity index (χ3n) is 3.34. The van der Waals surface area contributed by atoms with Crippen molar-refractivity contribution in [2.45, 2.75) is 0 Å². The maximum absolute atomic E-state index is 2.24. The molecule has 0 saturated heterocycles. The Morgan fingerprint density at radius 3 is 1.56 bits per heavy atom. The lowest BCUT2D eigenvalue weighted by molar-refractivity contribution is 0.933. The molecule has 2 heterocycles. The second-order valence-electron chi connectivity index (χ2n) is 4.59. The van der Waals surface area contributed by atoms with Crippen molar-refractivity contribution in [2.75, 3.05) is 0 Å². The SMILES string of the molecule is Cn1cccc1-c1cccc(-c2cccn2C)c1. The normalized spacial score (nSPS) is 10.8. The van der Waals surface area contributed by atoms with Crippen LogP contribution in [0.3, 0.4) is 0 Å². The highest BCUT2D eigenvalue weighted by Crippen LogP contribution is 2.26. The van der Waals surface area contributed by atoms with E-state index in [1.165, 1.54) is 22.5 Å². The van der Waals surface area contributed by atoms with Crippen molar-refractivity contribution < 1.29 is 0 Å². The number of aryl methyl sites for hydroxylation is 2. The standard InChI is InChI=1S/C16H16N2/c1-17-10-4-8-15(17)13-6-3-7-14(12-13)16-9-5-11-18(16)2/h3-12H,1-2H3. The fraction of sp³-hybridized carbons (Fsp3) is 0.125. The molecule has 0 aliphatic heterocycles. The first-order chi connectivity index (χ1) is 8.75. The minimum absolute atomic E-state index is 1.24. The molecule has 1 aromatic carbocycles. The smallest absolute Gasteiger partial charge is 0.0477 e. The molecule has 0 aliphatic carbocycles. The van der Waals surface area contributed by atoms with Crippen LogP contribution >= 0.6 is 0 Å². The maximum atomic E-state index is 2.24. The van der Waals surface area contributed by atoms with Crippen molar-refractivity contribution in [1.82, 2.24) is 9.13 Å². The first-order valence-corrected chi connectivity index (χ1v) is 6.09. The predicted octanol–water partition coefficient (Wildman–Crippen LogP) is 3.70. The molecule has 0 unspecified atom stereocenters. The molecule has 0 fully saturated rings. The molecule has 2 heteroatoms. The molecule has 3 aromatic rings. The lowest BCUT2D eigenvalue weighted by Gasteiger charge is -2.07. The van der Waals surface area contributed by atoms with Gasteiger partial charge in [-0.1, -0.05) is 18.2 Å². The summed E-state index contributed by atoms with van der Waals surface area (Å²) < 4.78 is 4.29. The van der Waals surface area contributed by atoms with Crippen molar-refractivity contribution in [3.05, 3.63) is 60.9 Å². The van der Waals surface area contributed by atoms with E-state index in [9.17, 15) is 0 Å². The zero-order valence-corrected chi connectivity index (χ0v) is 10.7. The van der Waals surface area contributed by atoms with Gasteiger partial charge in [-0.15, -0.1) is 0 Å². The molecule has 0 spiro atoms. The lowest BCUT2D eigenvalue weighted by Crippen LogP contribution is -1.92. The molecule has 18 heavy (non-hydrogen) atoms. The first-order valence-electron chi connectivity index (χ1n) is 6.09. The van der Waals surface area contributed by atoms with Gasteiger partial charge < -0.3 is 9.13 Å². The molecule has 2 aromatic heterocycles. The maximum Gasteiger partial charge on any atom is 0.0477 e. The summed E-state index contributed by atoms with van der Waals surface area (Å²) in [5.74, 6) is 0. The zero-order chi connectivity index (χ0) is 12.5. The largest absolute Gasteiger partial charge is 0.351 e. The Bertz CT molecular complexity index is 618. The number of aromatic nitrogens is 2. The van der Waals surface area contributed by atoms with Crippen LogP contribution < -0.4 is 0 Å². The predicted molar refractivity (Wildman–Crippen MR) is 75.3 cm³/mol. The van der Waals surface area contributed by atoms with Crippen LogP contribution in [-0.4, -0.2) is 9.13 Å². The summed E-state index contributed by atoms with van der Waals surface area (Å²) in [5.41, 5.74) is 4.99. The van der Waals surface area contributed by atoms with Gasteiger partial charge in [-0.3, -0.25) is 0 Å². The van der Waals surface area contributed by atoms with E-state index < -0.39 is 0 Å². The van der Waals surface area contributed by atoms with E-state index in [-0.39, 0.29) is 0 Å². The van der Waals surface area contributed by atoms with Crippen LogP contribution in [0.25, 0.3) is 22.5 Å². The molecule has 0 bridgehead atoms. The van der Waals surface area contributed by atoms with Crippen LogP contribution in [0.5, 0.6) is 0 Å². The molecule has 3 rings (SSSR count). The Morgan fingerprint density at radius 1 is 0.667 bits per heavy atom. The topological polar surface area (TPSA) is 9.86 Å². The molecule has 0 aliphatic rings. The van der Waals surface area contributed by atoms with Crippen molar-refractivity contribution in [2.24, 2.45) is 14.1 Å². The number of hydrogen-bond donors (Lipinski definition) is 0. The van der Waals surface area contributed by atoms with Crippen LogP contribution in [0.2, 0.25) is 0 Å². The minimum atomic E-state index is 1.24. The van der Waals surface area contributed by atoms with Crippen LogP contribution in [0.4, 0.5) is 0 Å². The Balaban J connectivity index is 2.11.